The molecule has 1 aliphatic heterocycles. The molecule has 0 saturated carbocycles. The van der Waals surface area contributed by atoms with Crippen molar-refractivity contribution in [3.8, 4) is 0 Å². The van der Waals surface area contributed by atoms with Crippen LogP contribution in [0, 0.1) is 6.92 Å². The van der Waals surface area contributed by atoms with Gasteiger partial charge >= 0.3 is 6.18 Å². The van der Waals surface area contributed by atoms with E-state index in [9.17, 15) is 13.2 Å². The molecule has 1 aromatic rings. The second-order valence-corrected chi connectivity index (χ2v) is 3.79. The summed E-state index contributed by atoms with van der Waals surface area (Å²) in [6, 6.07) is 6.32. The first kappa shape index (κ1) is 14.0. The lowest BCUT2D eigenvalue weighted by Gasteiger charge is -2.43. The van der Waals surface area contributed by atoms with E-state index in [0.717, 1.165) is 5.56 Å². The molecule has 2 rings (SSSR count). The van der Waals surface area contributed by atoms with Crippen molar-refractivity contribution >= 4 is 0 Å². The van der Waals surface area contributed by atoms with Gasteiger partial charge in [0.2, 0.25) is 0 Å². The van der Waals surface area contributed by atoms with Crippen LogP contribution in [0.2, 0.25) is 0 Å². The quantitative estimate of drug-likeness (QED) is 0.721. The Morgan fingerprint density at radius 2 is 1.59 bits per heavy atom. The van der Waals surface area contributed by atoms with Gasteiger partial charge in [-0.25, -0.2) is 0 Å². The van der Waals surface area contributed by atoms with E-state index in [1.165, 1.54) is 12.1 Å². The number of alkyl halides is 3. The van der Waals surface area contributed by atoms with Gasteiger partial charge in [-0.05, 0) is 12.5 Å². The lowest BCUT2D eigenvalue weighted by molar-refractivity contribution is -0.333. The SMILES string of the molecule is CC.Cc1ccc(C2(C(F)(F)F)CCO2)cc1. The highest BCUT2D eigenvalue weighted by molar-refractivity contribution is 5.29. The largest absolute Gasteiger partial charge is 0.421 e. The summed E-state index contributed by atoms with van der Waals surface area (Å²) in [5.41, 5.74) is -0.914. The van der Waals surface area contributed by atoms with Gasteiger partial charge in [-0.2, -0.15) is 13.2 Å². The molecule has 1 aliphatic rings. The van der Waals surface area contributed by atoms with Crippen molar-refractivity contribution in [3.05, 3.63) is 35.4 Å². The molecule has 1 fully saturated rings. The minimum atomic E-state index is -4.33. The Morgan fingerprint density at radius 3 is 1.88 bits per heavy atom. The Balaban J connectivity index is 0.000000686. The standard InChI is InChI=1S/C11H11F3O.C2H6/c1-8-2-4-9(5-3-8)10(6-7-15-10)11(12,13)14;1-2/h2-5H,6-7H2,1H3;1-2H3. The van der Waals surface area contributed by atoms with Crippen molar-refractivity contribution in [1.82, 2.24) is 0 Å². The van der Waals surface area contributed by atoms with Gasteiger partial charge in [-0.1, -0.05) is 43.7 Å². The van der Waals surface area contributed by atoms with E-state index in [0.29, 0.717) is 0 Å². The van der Waals surface area contributed by atoms with Crippen molar-refractivity contribution in [2.24, 2.45) is 0 Å². The molecule has 0 bridgehead atoms. The van der Waals surface area contributed by atoms with Gasteiger partial charge in [0.15, 0.2) is 5.60 Å². The van der Waals surface area contributed by atoms with Crippen molar-refractivity contribution in [1.29, 1.82) is 0 Å². The molecule has 1 saturated heterocycles. The highest BCUT2D eigenvalue weighted by Crippen LogP contribution is 2.49. The third kappa shape index (κ3) is 2.46. The number of halogens is 3. The predicted octanol–water partition coefficient (Wildman–Crippen LogP) is 4.20. The Bertz CT molecular complexity index is 350. The first-order valence-electron chi connectivity index (χ1n) is 5.73. The summed E-state index contributed by atoms with van der Waals surface area (Å²) >= 11 is 0. The summed E-state index contributed by atoms with van der Waals surface area (Å²) < 4.78 is 43.2. The first-order valence-corrected chi connectivity index (χ1v) is 5.73. The van der Waals surface area contributed by atoms with Crippen molar-refractivity contribution in [3.63, 3.8) is 0 Å². The van der Waals surface area contributed by atoms with Gasteiger partial charge in [-0.3, -0.25) is 0 Å². The van der Waals surface area contributed by atoms with Crippen LogP contribution in [0.1, 0.15) is 31.4 Å². The summed E-state index contributed by atoms with van der Waals surface area (Å²) in [6.07, 6.45) is -4.32. The normalized spacial score (nSPS) is 23.4. The van der Waals surface area contributed by atoms with Crippen LogP contribution < -0.4 is 0 Å². The number of hydrogen-bond donors (Lipinski definition) is 0. The molecule has 1 unspecified atom stereocenters. The smallest absolute Gasteiger partial charge is 0.361 e. The van der Waals surface area contributed by atoms with Crippen molar-refractivity contribution in [2.45, 2.75) is 39.0 Å². The Labute approximate surface area is 99.6 Å². The van der Waals surface area contributed by atoms with Gasteiger partial charge in [0, 0.05) is 6.42 Å². The Morgan fingerprint density at radius 1 is 1.12 bits per heavy atom. The van der Waals surface area contributed by atoms with Crippen LogP contribution in [0.15, 0.2) is 24.3 Å². The average molecular weight is 246 g/mol. The maximum Gasteiger partial charge on any atom is 0.421 e. The molecule has 1 atom stereocenters. The van der Waals surface area contributed by atoms with Gasteiger partial charge in [0.25, 0.3) is 0 Å². The van der Waals surface area contributed by atoms with Gasteiger partial charge in [0.05, 0.1) is 6.61 Å². The summed E-state index contributed by atoms with van der Waals surface area (Å²) in [5, 5.41) is 0. The predicted molar refractivity (Wildman–Crippen MR) is 60.8 cm³/mol. The fourth-order valence-corrected chi connectivity index (χ4v) is 1.74. The third-order valence-electron chi connectivity index (χ3n) is 2.78. The maximum absolute atomic E-state index is 12.8. The topological polar surface area (TPSA) is 9.23 Å². The molecule has 0 aromatic heterocycles. The summed E-state index contributed by atoms with van der Waals surface area (Å²) in [4.78, 5) is 0. The number of rotatable bonds is 1. The summed E-state index contributed by atoms with van der Waals surface area (Å²) in [7, 11) is 0. The number of hydrogen-bond acceptors (Lipinski definition) is 1. The van der Waals surface area contributed by atoms with Gasteiger partial charge in [-0.15, -0.1) is 0 Å². The molecule has 0 spiro atoms. The van der Waals surface area contributed by atoms with E-state index in [-0.39, 0.29) is 18.6 Å². The Hall–Kier alpha value is -1.03. The molecular weight excluding hydrogens is 229 g/mol. The van der Waals surface area contributed by atoms with Crippen LogP contribution in [0.5, 0.6) is 0 Å². The van der Waals surface area contributed by atoms with Crippen LogP contribution in [0.3, 0.4) is 0 Å². The molecule has 4 heteroatoms. The lowest BCUT2D eigenvalue weighted by Crippen LogP contribution is -2.52. The zero-order valence-electron chi connectivity index (χ0n) is 10.3. The summed E-state index contributed by atoms with van der Waals surface area (Å²) in [5.74, 6) is 0. The fourth-order valence-electron chi connectivity index (χ4n) is 1.74. The van der Waals surface area contributed by atoms with Crippen LogP contribution in [-0.2, 0) is 10.3 Å². The van der Waals surface area contributed by atoms with Crippen molar-refractivity contribution < 1.29 is 17.9 Å². The van der Waals surface area contributed by atoms with Gasteiger partial charge < -0.3 is 4.74 Å². The minimum absolute atomic E-state index is 0.0135. The number of aryl methyl sites for hydroxylation is 1. The fraction of sp³-hybridized carbons (Fsp3) is 0.538. The van der Waals surface area contributed by atoms with Gasteiger partial charge in [0.1, 0.15) is 0 Å². The molecule has 17 heavy (non-hydrogen) atoms. The van der Waals surface area contributed by atoms with E-state index < -0.39 is 11.8 Å². The molecule has 1 aromatic carbocycles. The molecule has 1 heterocycles. The maximum atomic E-state index is 12.8. The second-order valence-electron chi connectivity index (χ2n) is 3.79. The average Bonchev–Trinajstić information content (AvgIpc) is 2.20. The highest BCUT2D eigenvalue weighted by Gasteiger charge is 2.61. The van der Waals surface area contributed by atoms with Crippen LogP contribution in [-0.4, -0.2) is 12.8 Å². The van der Waals surface area contributed by atoms with E-state index in [1.54, 1.807) is 12.1 Å². The highest BCUT2D eigenvalue weighted by atomic mass is 19.4. The molecule has 1 nitrogen and oxygen atoms in total. The monoisotopic (exact) mass is 246 g/mol. The molecule has 0 amide bonds. The molecule has 0 N–H and O–H groups in total. The van der Waals surface area contributed by atoms with Crippen LogP contribution in [0.4, 0.5) is 13.2 Å². The van der Waals surface area contributed by atoms with Crippen molar-refractivity contribution in [2.75, 3.05) is 6.61 Å². The number of benzene rings is 1. The molecule has 0 radical (unpaired) electrons. The zero-order chi connectivity index (χ0) is 13.1. The van der Waals surface area contributed by atoms with E-state index in [2.05, 4.69) is 0 Å². The molecule has 96 valence electrons. The Kier molecular flexibility index (Phi) is 4.20. The number of ether oxygens (including phenoxy) is 1. The molecular formula is C13H17F3O. The van der Waals surface area contributed by atoms with Crippen LogP contribution in [0.25, 0.3) is 0 Å². The first-order chi connectivity index (χ1) is 7.96. The van der Waals surface area contributed by atoms with E-state index in [4.69, 9.17) is 4.74 Å². The third-order valence-corrected chi connectivity index (χ3v) is 2.78. The summed E-state index contributed by atoms with van der Waals surface area (Å²) in [6.45, 7) is 6.01. The van der Waals surface area contributed by atoms with E-state index in [1.807, 2.05) is 20.8 Å². The lowest BCUT2D eigenvalue weighted by atomic mass is 9.85. The molecule has 0 aliphatic carbocycles. The zero-order valence-corrected chi connectivity index (χ0v) is 10.3. The minimum Gasteiger partial charge on any atom is -0.361 e. The van der Waals surface area contributed by atoms with E-state index >= 15 is 0 Å². The second kappa shape index (κ2) is 5.08. The van der Waals surface area contributed by atoms with Crippen LogP contribution >= 0.6 is 0 Å².